The van der Waals surface area contributed by atoms with Crippen LogP contribution in [0.1, 0.15) is 41.1 Å². The van der Waals surface area contributed by atoms with Gasteiger partial charge in [-0.25, -0.2) is 9.97 Å². The molecule has 2 heterocycles. The predicted molar refractivity (Wildman–Crippen MR) is 101 cm³/mol. The topological polar surface area (TPSA) is 110 Å². The van der Waals surface area contributed by atoms with Crippen LogP contribution < -0.4 is 11.1 Å². The summed E-state index contributed by atoms with van der Waals surface area (Å²) in [6.07, 6.45) is 0. The number of nitrogens with two attached hydrogens (primary N) is 1. The first-order valence-corrected chi connectivity index (χ1v) is 8.44. The molecule has 7 nitrogen and oxygen atoms in total. The van der Waals surface area contributed by atoms with Crippen molar-refractivity contribution < 1.29 is 4.79 Å². The highest BCUT2D eigenvalue weighted by atomic mass is 35.5. The van der Waals surface area contributed by atoms with Gasteiger partial charge in [0.2, 0.25) is 0 Å². The van der Waals surface area contributed by atoms with E-state index in [1.54, 1.807) is 5.38 Å². The maximum absolute atomic E-state index is 12.4. The van der Waals surface area contributed by atoms with Gasteiger partial charge in [0, 0.05) is 23.4 Å². The van der Waals surface area contributed by atoms with Gasteiger partial charge >= 0.3 is 0 Å². The van der Waals surface area contributed by atoms with Crippen molar-refractivity contribution in [2.45, 2.75) is 26.3 Å². The van der Waals surface area contributed by atoms with Crippen molar-refractivity contribution in [1.29, 1.82) is 0 Å². The summed E-state index contributed by atoms with van der Waals surface area (Å²) < 4.78 is 0. The molecule has 0 aliphatic rings. The van der Waals surface area contributed by atoms with Crippen molar-refractivity contribution in [2.24, 2.45) is 5.73 Å². The number of benzene rings is 1. The van der Waals surface area contributed by atoms with Gasteiger partial charge in [-0.15, -0.1) is 23.7 Å². The Kier molecular flexibility index (Phi) is 6.24. The molecule has 2 aromatic heterocycles. The molecule has 0 bridgehead atoms. The number of para-hydroxylation sites is 1. The molecule has 0 atom stereocenters. The fraction of sp³-hybridized carbons (Fsp3) is 0.250. The number of hydrogen-bond acceptors (Lipinski definition) is 6. The van der Waals surface area contributed by atoms with Gasteiger partial charge in [0.1, 0.15) is 16.5 Å². The summed E-state index contributed by atoms with van der Waals surface area (Å²) in [6.45, 7) is 4.40. The van der Waals surface area contributed by atoms with Crippen LogP contribution >= 0.6 is 23.7 Å². The lowest BCUT2D eigenvalue weighted by atomic mass is 10.1. The Bertz CT molecular complexity index is 860. The number of halogens is 1. The fourth-order valence-electron chi connectivity index (χ4n) is 2.14. The number of rotatable bonds is 5. The van der Waals surface area contributed by atoms with Crippen molar-refractivity contribution in [1.82, 2.24) is 20.2 Å². The Hall–Kier alpha value is -2.29. The summed E-state index contributed by atoms with van der Waals surface area (Å²) in [5.74, 6) is 1.32. The van der Waals surface area contributed by atoms with Gasteiger partial charge in [0.15, 0.2) is 5.82 Å². The molecular formula is C16H19ClN6OS. The molecule has 3 rings (SSSR count). The van der Waals surface area contributed by atoms with Gasteiger partial charge in [-0.3, -0.25) is 9.89 Å². The number of nitrogens with zero attached hydrogens (tertiary/aromatic N) is 3. The van der Waals surface area contributed by atoms with E-state index in [4.69, 9.17) is 5.73 Å². The van der Waals surface area contributed by atoms with Crippen LogP contribution in [0.25, 0.3) is 11.4 Å². The van der Waals surface area contributed by atoms with Gasteiger partial charge in [-0.1, -0.05) is 26.0 Å². The van der Waals surface area contributed by atoms with Gasteiger partial charge in [-0.05, 0) is 12.1 Å². The fourth-order valence-corrected chi connectivity index (χ4v) is 2.79. The highest BCUT2D eigenvalue weighted by Gasteiger charge is 2.16. The smallest absolute Gasteiger partial charge is 0.275 e. The number of carbonyl (C=O) groups is 1. The highest BCUT2D eigenvalue weighted by Crippen LogP contribution is 2.26. The second-order valence-corrected chi connectivity index (χ2v) is 6.47. The third-order valence-electron chi connectivity index (χ3n) is 3.42. The Labute approximate surface area is 155 Å². The first-order chi connectivity index (χ1) is 11.6. The van der Waals surface area contributed by atoms with E-state index in [1.807, 2.05) is 38.1 Å². The monoisotopic (exact) mass is 378 g/mol. The van der Waals surface area contributed by atoms with Crippen molar-refractivity contribution >= 4 is 35.3 Å². The van der Waals surface area contributed by atoms with E-state index in [0.717, 1.165) is 16.4 Å². The molecule has 0 aliphatic carbocycles. The van der Waals surface area contributed by atoms with E-state index < -0.39 is 0 Å². The summed E-state index contributed by atoms with van der Waals surface area (Å²) in [6, 6.07) is 7.41. The largest absolute Gasteiger partial charge is 0.325 e. The summed E-state index contributed by atoms with van der Waals surface area (Å²) >= 11 is 1.37. The first-order valence-electron chi connectivity index (χ1n) is 7.56. The van der Waals surface area contributed by atoms with Crippen molar-refractivity contribution in [2.75, 3.05) is 5.32 Å². The average Bonchev–Trinajstić information content (AvgIpc) is 3.25. The SMILES string of the molecule is CC(C)c1nc(-c2ccccc2NC(=O)c2csc(CN)n2)n[nH]1.Cl. The van der Waals surface area contributed by atoms with E-state index in [2.05, 4.69) is 25.5 Å². The molecular weight excluding hydrogens is 360 g/mol. The Balaban J connectivity index is 0.00000225. The zero-order valence-electron chi connectivity index (χ0n) is 13.8. The third kappa shape index (κ3) is 4.22. The molecule has 0 fully saturated rings. The van der Waals surface area contributed by atoms with Crippen LogP contribution in [0.5, 0.6) is 0 Å². The zero-order chi connectivity index (χ0) is 17.1. The number of thiazole rings is 1. The first kappa shape index (κ1) is 19.0. The molecule has 0 unspecified atom stereocenters. The molecule has 132 valence electrons. The normalized spacial score (nSPS) is 10.6. The van der Waals surface area contributed by atoms with Crippen LogP contribution in [0.15, 0.2) is 29.6 Å². The number of hydrogen-bond donors (Lipinski definition) is 3. The van der Waals surface area contributed by atoms with Crippen LogP contribution in [0.2, 0.25) is 0 Å². The number of aromatic nitrogens is 4. The molecule has 0 saturated carbocycles. The molecule has 25 heavy (non-hydrogen) atoms. The Morgan fingerprint density at radius 2 is 2.08 bits per heavy atom. The van der Waals surface area contributed by atoms with Crippen LogP contribution in [0.3, 0.4) is 0 Å². The lowest BCUT2D eigenvalue weighted by Crippen LogP contribution is -2.13. The molecule has 0 spiro atoms. The van der Waals surface area contributed by atoms with Crippen LogP contribution in [0, 0.1) is 0 Å². The molecule has 1 amide bonds. The molecule has 0 radical (unpaired) electrons. The number of H-pyrrole nitrogens is 1. The number of carbonyl (C=O) groups excluding carboxylic acids is 1. The lowest BCUT2D eigenvalue weighted by molar-refractivity contribution is 0.102. The highest BCUT2D eigenvalue weighted by molar-refractivity contribution is 7.09. The summed E-state index contributed by atoms with van der Waals surface area (Å²) in [5.41, 5.74) is 7.28. The van der Waals surface area contributed by atoms with Gasteiger partial charge in [-0.2, -0.15) is 5.10 Å². The van der Waals surface area contributed by atoms with Gasteiger partial charge in [0.05, 0.1) is 5.69 Å². The second-order valence-electron chi connectivity index (χ2n) is 5.53. The van der Waals surface area contributed by atoms with E-state index in [1.165, 1.54) is 11.3 Å². The molecule has 0 aliphatic heterocycles. The quantitative estimate of drug-likeness (QED) is 0.631. The maximum Gasteiger partial charge on any atom is 0.275 e. The van der Waals surface area contributed by atoms with Gasteiger partial charge in [0.25, 0.3) is 5.91 Å². The third-order valence-corrected chi connectivity index (χ3v) is 4.30. The minimum atomic E-state index is -0.280. The molecule has 1 aromatic carbocycles. The van der Waals surface area contributed by atoms with E-state index in [9.17, 15) is 4.79 Å². The van der Waals surface area contributed by atoms with Crippen molar-refractivity contribution in [3.05, 3.63) is 46.2 Å². The molecule has 0 saturated heterocycles. The molecule has 9 heteroatoms. The maximum atomic E-state index is 12.4. The number of nitrogens with one attached hydrogen (secondary N) is 2. The molecule has 3 aromatic rings. The van der Waals surface area contributed by atoms with E-state index in [-0.39, 0.29) is 24.2 Å². The molecule has 4 N–H and O–H groups in total. The zero-order valence-corrected chi connectivity index (χ0v) is 15.4. The van der Waals surface area contributed by atoms with E-state index >= 15 is 0 Å². The predicted octanol–water partition coefficient (Wildman–Crippen LogP) is 3.18. The average molecular weight is 379 g/mol. The van der Waals surface area contributed by atoms with Crippen LogP contribution in [-0.2, 0) is 6.54 Å². The summed E-state index contributed by atoms with van der Waals surface area (Å²) in [5, 5.41) is 12.5. The van der Waals surface area contributed by atoms with E-state index in [0.29, 0.717) is 23.8 Å². The summed E-state index contributed by atoms with van der Waals surface area (Å²) in [7, 11) is 0. The number of amides is 1. The second kappa shape index (κ2) is 8.19. The van der Waals surface area contributed by atoms with Gasteiger partial charge < -0.3 is 11.1 Å². The van der Waals surface area contributed by atoms with Crippen molar-refractivity contribution in [3.8, 4) is 11.4 Å². The standard InChI is InChI=1S/C16H18N6OS.ClH/c1-9(2)14-20-15(22-21-14)10-5-3-4-6-11(10)19-16(23)12-8-24-13(7-17)18-12;/h3-6,8-9H,7,17H2,1-2H3,(H,19,23)(H,20,21,22);1H. The minimum absolute atomic E-state index is 0. The number of aromatic amines is 1. The minimum Gasteiger partial charge on any atom is -0.325 e. The van der Waals surface area contributed by atoms with Crippen LogP contribution in [0.4, 0.5) is 5.69 Å². The Morgan fingerprint density at radius 3 is 2.72 bits per heavy atom. The van der Waals surface area contributed by atoms with Crippen LogP contribution in [-0.4, -0.2) is 26.1 Å². The Morgan fingerprint density at radius 1 is 1.32 bits per heavy atom. The lowest BCUT2D eigenvalue weighted by Gasteiger charge is -2.07. The number of anilines is 1. The van der Waals surface area contributed by atoms with Crippen molar-refractivity contribution in [3.63, 3.8) is 0 Å². The summed E-state index contributed by atoms with van der Waals surface area (Å²) in [4.78, 5) is 21.1.